The summed E-state index contributed by atoms with van der Waals surface area (Å²) in [6, 6.07) is 0. The van der Waals surface area contributed by atoms with E-state index < -0.39 is 5.41 Å². The summed E-state index contributed by atoms with van der Waals surface area (Å²) in [7, 11) is 0. The second-order valence-corrected chi connectivity index (χ2v) is 5.80. The van der Waals surface area contributed by atoms with Crippen LogP contribution in [0.15, 0.2) is 11.3 Å². The van der Waals surface area contributed by atoms with Gasteiger partial charge in [-0.25, -0.2) is 0 Å². The van der Waals surface area contributed by atoms with Crippen molar-refractivity contribution in [3.8, 4) is 0 Å². The lowest BCUT2D eigenvalue weighted by atomic mass is 9.82. The summed E-state index contributed by atoms with van der Waals surface area (Å²) in [6.45, 7) is 12.9. The standard InChI is InChI=1S/C12H22O2/c1-8(9(13)11(2,3)4)10(14)12(5,6)7/h13H,1-7H3. The van der Waals surface area contributed by atoms with E-state index in [2.05, 4.69) is 0 Å². The summed E-state index contributed by atoms with van der Waals surface area (Å²) in [4.78, 5) is 11.8. The van der Waals surface area contributed by atoms with Crippen LogP contribution in [0.3, 0.4) is 0 Å². The third-order valence-corrected chi connectivity index (χ3v) is 2.09. The summed E-state index contributed by atoms with van der Waals surface area (Å²) >= 11 is 0. The van der Waals surface area contributed by atoms with Crippen LogP contribution in [-0.4, -0.2) is 10.9 Å². The van der Waals surface area contributed by atoms with Crippen LogP contribution in [0, 0.1) is 10.8 Å². The molecule has 0 aliphatic heterocycles. The minimum atomic E-state index is -0.427. The van der Waals surface area contributed by atoms with E-state index in [0.29, 0.717) is 5.57 Å². The maximum Gasteiger partial charge on any atom is 0.167 e. The highest BCUT2D eigenvalue weighted by molar-refractivity contribution is 5.99. The number of aliphatic hydroxyl groups excluding tert-OH is 1. The first-order valence-corrected chi connectivity index (χ1v) is 4.93. The van der Waals surface area contributed by atoms with Crippen molar-refractivity contribution in [1.29, 1.82) is 0 Å². The van der Waals surface area contributed by atoms with Gasteiger partial charge in [0, 0.05) is 16.4 Å². The summed E-state index contributed by atoms with van der Waals surface area (Å²) in [5, 5.41) is 9.85. The zero-order valence-corrected chi connectivity index (χ0v) is 10.4. The number of carbonyl (C=O) groups excluding carboxylic acids is 1. The normalized spacial score (nSPS) is 15.1. The summed E-state index contributed by atoms with van der Waals surface area (Å²) in [6.07, 6.45) is 0. The topological polar surface area (TPSA) is 37.3 Å². The van der Waals surface area contributed by atoms with Crippen molar-refractivity contribution in [3.63, 3.8) is 0 Å². The first kappa shape index (κ1) is 13.2. The molecule has 0 atom stereocenters. The van der Waals surface area contributed by atoms with Crippen LogP contribution >= 0.6 is 0 Å². The monoisotopic (exact) mass is 198 g/mol. The second-order valence-electron chi connectivity index (χ2n) is 5.80. The summed E-state index contributed by atoms with van der Waals surface area (Å²) < 4.78 is 0. The van der Waals surface area contributed by atoms with E-state index in [1.165, 1.54) is 0 Å². The van der Waals surface area contributed by atoms with Crippen molar-refractivity contribution < 1.29 is 9.90 Å². The second kappa shape index (κ2) is 3.76. The molecular formula is C12H22O2. The molecule has 0 fully saturated rings. The fraction of sp³-hybridized carbons (Fsp3) is 0.750. The van der Waals surface area contributed by atoms with Gasteiger partial charge in [-0.05, 0) is 6.92 Å². The summed E-state index contributed by atoms with van der Waals surface area (Å²) in [5.74, 6) is 0.197. The lowest BCUT2D eigenvalue weighted by molar-refractivity contribution is -0.122. The van der Waals surface area contributed by atoms with Crippen molar-refractivity contribution in [2.24, 2.45) is 10.8 Å². The maximum atomic E-state index is 11.8. The Morgan fingerprint density at radius 1 is 0.929 bits per heavy atom. The van der Waals surface area contributed by atoms with Crippen LogP contribution in [-0.2, 0) is 4.79 Å². The number of carbonyl (C=O) groups is 1. The highest BCUT2D eigenvalue weighted by Crippen LogP contribution is 2.29. The number of rotatable bonds is 1. The van der Waals surface area contributed by atoms with Gasteiger partial charge >= 0.3 is 0 Å². The van der Waals surface area contributed by atoms with Crippen LogP contribution in [0.2, 0.25) is 0 Å². The number of aliphatic hydroxyl groups is 1. The molecule has 0 aliphatic rings. The highest BCUT2D eigenvalue weighted by Gasteiger charge is 2.28. The molecule has 0 aromatic rings. The average Bonchev–Trinajstić information content (AvgIpc) is 1.97. The van der Waals surface area contributed by atoms with Crippen molar-refractivity contribution in [2.75, 3.05) is 0 Å². The Kier molecular flexibility index (Phi) is 3.54. The molecule has 82 valence electrons. The molecular weight excluding hydrogens is 176 g/mol. The Morgan fingerprint density at radius 3 is 1.50 bits per heavy atom. The Hall–Kier alpha value is -0.790. The molecule has 0 saturated heterocycles. The summed E-state index contributed by atoms with van der Waals surface area (Å²) in [5.41, 5.74) is -0.307. The van der Waals surface area contributed by atoms with Gasteiger partial charge in [-0.15, -0.1) is 0 Å². The fourth-order valence-corrected chi connectivity index (χ4v) is 1.23. The zero-order valence-electron chi connectivity index (χ0n) is 10.4. The predicted molar refractivity (Wildman–Crippen MR) is 59.2 cm³/mol. The van der Waals surface area contributed by atoms with Crippen LogP contribution in [0.25, 0.3) is 0 Å². The lowest BCUT2D eigenvalue weighted by Gasteiger charge is -2.23. The first-order chi connectivity index (χ1) is 5.98. The van der Waals surface area contributed by atoms with E-state index >= 15 is 0 Å². The van der Waals surface area contributed by atoms with Gasteiger partial charge < -0.3 is 5.11 Å². The number of ketones is 1. The zero-order chi connectivity index (χ0) is 11.7. The SMILES string of the molecule is CC(C(=O)C(C)(C)C)=C(O)C(C)(C)C. The van der Waals surface area contributed by atoms with E-state index in [1.54, 1.807) is 6.92 Å². The number of hydrogen-bond donors (Lipinski definition) is 1. The Bertz CT molecular complexity index is 259. The molecule has 0 rings (SSSR count). The smallest absolute Gasteiger partial charge is 0.167 e. The van der Waals surface area contributed by atoms with Crippen LogP contribution in [0.5, 0.6) is 0 Å². The van der Waals surface area contributed by atoms with E-state index in [-0.39, 0.29) is 17.0 Å². The van der Waals surface area contributed by atoms with E-state index in [0.717, 1.165) is 0 Å². The molecule has 0 unspecified atom stereocenters. The molecule has 0 aromatic carbocycles. The van der Waals surface area contributed by atoms with Crippen molar-refractivity contribution in [2.45, 2.75) is 48.5 Å². The van der Waals surface area contributed by atoms with Crippen LogP contribution in [0.4, 0.5) is 0 Å². The van der Waals surface area contributed by atoms with Crippen molar-refractivity contribution >= 4 is 5.78 Å². The van der Waals surface area contributed by atoms with E-state index in [9.17, 15) is 9.90 Å². The van der Waals surface area contributed by atoms with Gasteiger partial charge in [0.05, 0.1) is 0 Å². The average molecular weight is 198 g/mol. The molecule has 0 aromatic heterocycles. The third-order valence-electron chi connectivity index (χ3n) is 2.09. The van der Waals surface area contributed by atoms with E-state index in [1.807, 2.05) is 41.5 Å². The van der Waals surface area contributed by atoms with Crippen LogP contribution in [0.1, 0.15) is 48.5 Å². The molecule has 2 nitrogen and oxygen atoms in total. The van der Waals surface area contributed by atoms with Crippen molar-refractivity contribution in [3.05, 3.63) is 11.3 Å². The number of Topliss-reactive ketones (excluding diaryl/α,β-unsaturated/α-hetero) is 1. The molecule has 0 radical (unpaired) electrons. The predicted octanol–water partition coefficient (Wildman–Crippen LogP) is 3.48. The van der Waals surface area contributed by atoms with Gasteiger partial charge in [0.2, 0.25) is 0 Å². The molecule has 0 spiro atoms. The van der Waals surface area contributed by atoms with Crippen molar-refractivity contribution in [1.82, 2.24) is 0 Å². The Morgan fingerprint density at radius 2 is 1.29 bits per heavy atom. The molecule has 0 saturated carbocycles. The molecule has 14 heavy (non-hydrogen) atoms. The van der Waals surface area contributed by atoms with E-state index in [4.69, 9.17) is 0 Å². The van der Waals surface area contributed by atoms with Gasteiger partial charge in [-0.3, -0.25) is 4.79 Å². The molecule has 0 bridgehead atoms. The van der Waals surface area contributed by atoms with Gasteiger partial charge in [0.1, 0.15) is 5.76 Å². The van der Waals surface area contributed by atoms with Gasteiger partial charge in [0.25, 0.3) is 0 Å². The minimum absolute atomic E-state index is 0.00456. The molecule has 2 heteroatoms. The quantitative estimate of drug-likeness (QED) is 0.517. The molecule has 1 N–H and O–H groups in total. The van der Waals surface area contributed by atoms with Gasteiger partial charge in [-0.1, -0.05) is 41.5 Å². The minimum Gasteiger partial charge on any atom is -0.511 e. The molecule has 0 amide bonds. The van der Waals surface area contributed by atoms with Gasteiger partial charge in [0.15, 0.2) is 5.78 Å². The maximum absolute atomic E-state index is 11.8. The van der Waals surface area contributed by atoms with Crippen LogP contribution < -0.4 is 0 Å². The number of allylic oxidation sites excluding steroid dienone is 2. The largest absolute Gasteiger partial charge is 0.511 e. The van der Waals surface area contributed by atoms with Gasteiger partial charge in [-0.2, -0.15) is 0 Å². The Balaban J connectivity index is 5.14. The lowest BCUT2D eigenvalue weighted by Crippen LogP contribution is -2.24. The fourth-order valence-electron chi connectivity index (χ4n) is 1.23. The number of hydrogen-bond acceptors (Lipinski definition) is 2. The first-order valence-electron chi connectivity index (χ1n) is 4.93. The highest BCUT2D eigenvalue weighted by atomic mass is 16.3. The molecule has 0 heterocycles. The third kappa shape index (κ3) is 3.17. The Labute approximate surface area is 87.0 Å². The molecule has 0 aliphatic carbocycles.